The van der Waals surface area contributed by atoms with Gasteiger partial charge in [-0.1, -0.05) is 31.2 Å². The molecule has 1 aromatic carbocycles. The van der Waals surface area contributed by atoms with E-state index >= 15 is 0 Å². The van der Waals surface area contributed by atoms with Crippen LogP contribution in [0.1, 0.15) is 42.6 Å². The van der Waals surface area contributed by atoms with Crippen molar-refractivity contribution in [2.75, 3.05) is 18.0 Å². The van der Waals surface area contributed by atoms with Crippen molar-refractivity contribution < 1.29 is 9.53 Å². The van der Waals surface area contributed by atoms with Crippen LogP contribution in [-0.4, -0.2) is 49.5 Å². The number of piperidine rings is 1. The summed E-state index contributed by atoms with van der Waals surface area (Å²) < 4.78 is 8.40. The minimum atomic E-state index is 0.0538. The lowest BCUT2D eigenvalue weighted by Crippen LogP contribution is -2.39. The summed E-state index contributed by atoms with van der Waals surface area (Å²) in [6.07, 6.45) is 10.2. The Balaban J connectivity index is 1.33. The summed E-state index contributed by atoms with van der Waals surface area (Å²) >= 11 is 0. The Morgan fingerprint density at radius 2 is 1.76 bits per heavy atom. The van der Waals surface area contributed by atoms with Crippen LogP contribution in [0.4, 0.5) is 5.95 Å². The third-order valence-corrected chi connectivity index (χ3v) is 6.42. The number of hydrogen-bond donors (Lipinski definition) is 0. The van der Waals surface area contributed by atoms with Gasteiger partial charge in [0.05, 0.1) is 0 Å². The maximum Gasteiger partial charge on any atom is 0.242 e. The lowest BCUT2D eigenvalue weighted by molar-refractivity contribution is 0.101. The largest absolute Gasteiger partial charge is 0.473 e. The van der Waals surface area contributed by atoms with E-state index in [0.717, 1.165) is 66.0 Å². The van der Waals surface area contributed by atoms with Crippen molar-refractivity contribution in [2.24, 2.45) is 7.05 Å². The molecule has 0 saturated carbocycles. The first-order valence-corrected chi connectivity index (χ1v) is 11.7. The normalized spacial score (nSPS) is 14.5. The number of aryl methyl sites for hydroxylation is 2. The quantitative estimate of drug-likeness (QED) is 0.401. The molecule has 4 heterocycles. The summed E-state index contributed by atoms with van der Waals surface area (Å²) in [7, 11) is 1.98. The third-order valence-electron chi connectivity index (χ3n) is 6.42. The van der Waals surface area contributed by atoms with Crippen molar-refractivity contribution in [1.82, 2.24) is 24.5 Å². The molecule has 0 aliphatic carbocycles. The number of ketones is 1. The van der Waals surface area contributed by atoms with E-state index in [4.69, 9.17) is 4.74 Å². The number of benzene rings is 1. The molecule has 0 unspecified atom stereocenters. The van der Waals surface area contributed by atoms with E-state index in [0.29, 0.717) is 11.4 Å². The number of nitrogens with zero attached hydrogens (tertiary/aromatic N) is 6. The van der Waals surface area contributed by atoms with Gasteiger partial charge in [0.1, 0.15) is 23.5 Å². The first kappa shape index (κ1) is 22.0. The van der Waals surface area contributed by atoms with E-state index in [9.17, 15) is 4.79 Å². The van der Waals surface area contributed by atoms with Crippen LogP contribution in [-0.2, 0) is 13.5 Å². The highest BCUT2D eigenvalue weighted by molar-refractivity contribution is 5.97. The van der Waals surface area contributed by atoms with Gasteiger partial charge in [0.25, 0.3) is 0 Å². The van der Waals surface area contributed by atoms with Gasteiger partial charge in [0, 0.05) is 62.7 Å². The predicted molar refractivity (Wildman–Crippen MR) is 131 cm³/mol. The van der Waals surface area contributed by atoms with Crippen LogP contribution in [0.15, 0.2) is 49.2 Å². The van der Waals surface area contributed by atoms with E-state index in [2.05, 4.69) is 31.8 Å². The topological polar surface area (TPSA) is 86.0 Å². The average Bonchev–Trinajstić information content (AvgIpc) is 3.22. The molecule has 0 bridgehead atoms. The van der Waals surface area contributed by atoms with Gasteiger partial charge in [0.15, 0.2) is 5.78 Å². The molecule has 8 heteroatoms. The van der Waals surface area contributed by atoms with Crippen LogP contribution < -0.4 is 9.64 Å². The summed E-state index contributed by atoms with van der Waals surface area (Å²) in [5.74, 6) is 1.43. The summed E-state index contributed by atoms with van der Waals surface area (Å²) in [4.78, 5) is 31.9. The average molecular weight is 457 g/mol. The zero-order valence-corrected chi connectivity index (χ0v) is 19.7. The summed E-state index contributed by atoms with van der Waals surface area (Å²) in [6, 6.07) is 7.61. The van der Waals surface area contributed by atoms with Crippen LogP contribution in [0, 0.1) is 0 Å². The highest BCUT2D eigenvalue weighted by atomic mass is 16.5. The van der Waals surface area contributed by atoms with Crippen molar-refractivity contribution in [3.8, 4) is 17.0 Å². The molecule has 1 fully saturated rings. The molecule has 5 rings (SSSR count). The maximum absolute atomic E-state index is 11.6. The standard InChI is InChI=1S/C26H28N6O2/c1-4-18-13-27-26(28-14-18)32-11-9-21(10-12-32)34-25-24-23(29-16-30-25)22(15-31(24)3)20-7-5-19(6-8-20)17(2)33/h5-8,13-16,21H,4,9-12H2,1-3H3. The molecule has 1 aliphatic rings. The van der Waals surface area contributed by atoms with Crippen LogP contribution in [0.3, 0.4) is 0 Å². The minimum Gasteiger partial charge on any atom is -0.473 e. The summed E-state index contributed by atoms with van der Waals surface area (Å²) in [5.41, 5.74) is 5.54. The number of hydrogen-bond acceptors (Lipinski definition) is 7. The molecule has 1 aliphatic heterocycles. The molecule has 34 heavy (non-hydrogen) atoms. The molecule has 8 nitrogen and oxygen atoms in total. The van der Waals surface area contributed by atoms with Gasteiger partial charge in [-0.15, -0.1) is 0 Å². The van der Waals surface area contributed by atoms with Crippen LogP contribution >= 0.6 is 0 Å². The monoisotopic (exact) mass is 456 g/mol. The van der Waals surface area contributed by atoms with Gasteiger partial charge in [-0.2, -0.15) is 4.98 Å². The summed E-state index contributed by atoms with van der Waals surface area (Å²) in [5, 5.41) is 0. The molecule has 0 amide bonds. The molecule has 0 atom stereocenters. The molecule has 0 spiro atoms. The number of anilines is 1. The number of fused-ring (bicyclic) bond motifs is 1. The Labute approximate surface area is 198 Å². The fourth-order valence-corrected chi connectivity index (χ4v) is 4.40. The molecule has 0 radical (unpaired) electrons. The lowest BCUT2D eigenvalue weighted by atomic mass is 10.0. The molecule has 4 aromatic rings. The van der Waals surface area contributed by atoms with Crippen LogP contribution in [0.25, 0.3) is 22.2 Å². The van der Waals surface area contributed by atoms with E-state index < -0.39 is 0 Å². The maximum atomic E-state index is 11.6. The first-order chi connectivity index (χ1) is 16.5. The first-order valence-electron chi connectivity index (χ1n) is 11.7. The molecule has 1 saturated heterocycles. The predicted octanol–water partition coefficient (Wildman–Crippen LogP) is 4.24. The fraction of sp³-hybridized carbons (Fsp3) is 0.346. The SMILES string of the molecule is CCc1cnc(N2CCC(Oc3ncnc4c(-c5ccc(C(C)=O)cc5)cn(C)c34)CC2)nc1. The lowest BCUT2D eigenvalue weighted by Gasteiger charge is -2.32. The van der Waals surface area contributed by atoms with Crippen molar-refractivity contribution >= 4 is 22.8 Å². The van der Waals surface area contributed by atoms with E-state index in [-0.39, 0.29) is 11.9 Å². The van der Waals surface area contributed by atoms with Gasteiger partial charge in [-0.05, 0) is 24.5 Å². The van der Waals surface area contributed by atoms with Gasteiger partial charge in [-0.3, -0.25) is 4.79 Å². The fourth-order valence-electron chi connectivity index (χ4n) is 4.40. The number of ether oxygens (including phenoxy) is 1. The zero-order chi connectivity index (χ0) is 23.7. The number of aromatic nitrogens is 5. The van der Waals surface area contributed by atoms with Gasteiger partial charge in [-0.25, -0.2) is 15.0 Å². The zero-order valence-electron chi connectivity index (χ0n) is 19.7. The Hall–Kier alpha value is -3.81. The second-order valence-electron chi connectivity index (χ2n) is 8.71. The second kappa shape index (κ2) is 9.21. The van der Waals surface area contributed by atoms with Crippen molar-refractivity contribution in [3.05, 3.63) is 60.3 Å². The highest BCUT2D eigenvalue weighted by Gasteiger charge is 2.24. The van der Waals surface area contributed by atoms with Crippen LogP contribution in [0.2, 0.25) is 0 Å². The Morgan fingerprint density at radius 1 is 1.06 bits per heavy atom. The van der Waals surface area contributed by atoms with E-state index in [1.807, 2.05) is 54.5 Å². The molecule has 0 N–H and O–H groups in total. The van der Waals surface area contributed by atoms with Gasteiger partial charge in [0.2, 0.25) is 11.8 Å². The Bertz CT molecular complexity index is 1310. The van der Waals surface area contributed by atoms with E-state index in [1.165, 1.54) is 0 Å². The summed E-state index contributed by atoms with van der Waals surface area (Å²) in [6.45, 7) is 5.35. The molecular weight excluding hydrogens is 428 g/mol. The number of rotatable bonds is 6. The third kappa shape index (κ3) is 4.23. The van der Waals surface area contributed by atoms with Crippen molar-refractivity contribution in [3.63, 3.8) is 0 Å². The number of carbonyl (C=O) groups excluding carboxylic acids is 1. The number of carbonyl (C=O) groups is 1. The van der Waals surface area contributed by atoms with Gasteiger partial charge >= 0.3 is 0 Å². The van der Waals surface area contributed by atoms with Gasteiger partial charge < -0.3 is 14.2 Å². The van der Waals surface area contributed by atoms with Crippen LogP contribution in [0.5, 0.6) is 5.88 Å². The Morgan fingerprint density at radius 3 is 2.41 bits per heavy atom. The Kier molecular flexibility index (Phi) is 5.96. The van der Waals surface area contributed by atoms with Crippen molar-refractivity contribution in [2.45, 2.75) is 39.2 Å². The van der Waals surface area contributed by atoms with E-state index in [1.54, 1.807) is 13.3 Å². The molecule has 174 valence electrons. The molecular formula is C26H28N6O2. The molecule has 3 aromatic heterocycles. The smallest absolute Gasteiger partial charge is 0.242 e. The number of Topliss-reactive ketones (excluding diaryl/α,β-unsaturated/α-hetero) is 1. The van der Waals surface area contributed by atoms with Crippen molar-refractivity contribution in [1.29, 1.82) is 0 Å². The second-order valence-corrected chi connectivity index (χ2v) is 8.71. The highest BCUT2D eigenvalue weighted by Crippen LogP contribution is 2.33. The minimum absolute atomic E-state index is 0.0538.